The van der Waals surface area contributed by atoms with E-state index in [1.165, 1.54) is 0 Å². The third-order valence-electron chi connectivity index (χ3n) is 4.76. The molecule has 1 aliphatic rings. The highest BCUT2D eigenvalue weighted by atomic mass is 16.2. The first-order valence-corrected chi connectivity index (χ1v) is 8.90. The van der Waals surface area contributed by atoms with Crippen molar-refractivity contribution in [3.63, 3.8) is 0 Å². The van der Waals surface area contributed by atoms with Gasteiger partial charge in [0, 0.05) is 17.7 Å². The van der Waals surface area contributed by atoms with Crippen LogP contribution in [0.4, 0.5) is 5.82 Å². The third-order valence-corrected chi connectivity index (χ3v) is 4.76. The van der Waals surface area contributed by atoms with Crippen LogP contribution in [0.25, 0.3) is 16.9 Å². The lowest BCUT2D eigenvalue weighted by atomic mass is 10.1. The van der Waals surface area contributed by atoms with E-state index in [0.29, 0.717) is 12.2 Å². The van der Waals surface area contributed by atoms with E-state index < -0.39 is 0 Å². The molecule has 1 atom stereocenters. The normalized spacial score (nSPS) is 14.9. The van der Waals surface area contributed by atoms with E-state index in [1.807, 2.05) is 39.7 Å². The Labute approximate surface area is 151 Å². The predicted octanol–water partition coefficient (Wildman–Crippen LogP) is 3.41. The number of aromatic nitrogens is 4. The smallest absolute Gasteiger partial charge is 0.228 e. The minimum Gasteiger partial charge on any atom is -0.309 e. The van der Waals surface area contributed by atoms with Crippen LogP contribution in [0.1, 0.15) is 38.6 Å². The van der Waals surface area contributed by atoms with Crippen LogP contribution in [-0.4, -0.2) is 25.1 Å². The summed E-state index contributed by atoms with van der Waals surface area (Å²) in [6.45, 7) is 2.05. The number of carbonyl (C=O) groups is 1. The minimum absolute atomic E-state index is 0.0464. The second-order valence-corrected chi connectivity index (χ2v) is 6.66. The van der Waals surface area contributed by atoms with Crippen molar-refractivity contribution in [1.29, 1.82) is 5.26 Å². The Morgan fingerprint density at radius 1 is 1.42 bits per heavy atom. The van der Waals surface area contributed by atoms with Crippen molar-refractivity contribution >= 4 is 17.4 Å². The van der Waals surface area contributed by atoms with E-state index in [2.05, 4.69) is 28.4 Å². The van der Waals surface area contributed by atoms with E-state index in [-0.39, 0.29) is 17.9 Å². The fourth-order valence-electron chi connectivity index (χ4n) is 3.08. The summed E-state index contributed by atoms with van der Waals surface area (Å²) < 4.78 is 3.80. The lowest BCUT2D eigenvalue weighted by Gasteiger charge is -2.10. The monoisotopic (exact) mass is 348 g/mol. The molecule has 26 heavy (non-hydrogen) atoms. The Morgan fingerprint density at radius 3 is 3.00 bits per heavy atom. The van der Waals surface area contributed by atoms with Gasteiger partial charge in [-0.15, -0.1) is 0 Å². The summed E-state index contributed by atoms with van der Waals surface area (Å²) in [7, 11) is 0. The molecule has 1 aliphatic carbocycles. The largest absolute Gasteiger partial charge is 0.309 e. The van der Waals surface area contributed by atoms with Crippen molar-refractivity contribution in [3.05, 3.63) is 36.8 Å². The molecule has 1 fully saturated rings. The topological polar surface area (TPSA) is 88.0 Å². The van der Waals surface area contributed by atoms with Gasteiger partial charge in [-0.05, 0) is 31.4 Å². The Kier molecular flexibility index (Phi) is 4.17. The summed E-state index contributed by atoms with van der Waals surface area (Å²) in [5.74, 6) is 0.756. The lowest BCUT2D eigenvalue weighted by Crippen LogP contribution is -2.13. The number of pyridine rings is 1. The lowest BCUT2D eigenvalue weighted by molar-refractivity contribution is -0.117. The molecule has 3 aromatic rings. The first-order chi connectivity index (χ1) is 12.7. The van der Waals surface area contributed by atoms with Crippen LogP contribution >= 0.6 is 0 Å². The number of rotatable bonds is 6. The molecule has 1 N–H and O–H groups in total. The number of nitriles is 1. The van der Waals surface area contributed by atoms with Gasteiger partial charge in [-0.1, -0.05) is 13.0 Å². The summed E-state index contributed by atoms with van der Waals surface area (Å²) in [6.07, 6.45) is 8.82. The highest BCUT2D eigenvalue weighted by molar-refractivity contribution is 5.93. The average molecular weight is 348 g/mol. The molecule has 0 spiro atoms. The summed E-state index contributed by atoms with van der Waals surface area (Å²) in [5, 5.41) is 16.3. The van der Waals surface area contributed by atoms with Gasteiger partial charge in [-0.2, -0.15) is 10.4 Å². The molecule has 0 aliphatic heterocycles. The number of hydrogen-bond donors (Lipinski definition) is 1. The first-order valence-electron chi connectivity index (χ1n) is 8.90. The van der Waals surface area contributed by atoms with E-state index in [4.69, 9.17) is 5.26 Å². The number of nitrogens with zero attached hydrogens (tertiary/aromatic N) is 5. The van der Waals surface area contributed by atoms with Crippen LogP contribution in [0.5, 0.6) is 0 Å². The van der Waals surface area contributed by atoms with E-state index in [1.54, 1.807) is 6.20 Å². The molecule has 4 rings (SSSR count). The van der Waals surface area contributed by atoms with Crippen LogP contribution in [0.3, 0.4) is 0 Å². The number of carbonyl (C=O) groups excluding carboxylic acids is 1. The molecule has 0 saturated heterocycles. The number of imidazole rings is 1. The van der Waals surface area contributed by atoms with Gasteiger partial charge in [0.2, 0.25) is 5.91 Å². The Hall–Kier alpha value is -3.14. The Bertz CT molecular complexity index is 991. The number of nitrogens with one attached hydrogen (secondary N) is 1. The molecule has 1 saturated carbocycles. The second kappa shape index (κ2) is 6.64. The van der Waals surface area contributed by atoms with E-state index >= 15 is 0 Å². The van der Waals surface area contributed by atoms with Crippen LogP contribution in [0.2, 0.25) is 0 Å². The minimum atomic E-state index is 0.0464. The molecule has 1 unspecified atom stereocenters. The average Bonchev–Trinajstić information content (AvgIpc) is 3.24. The molecule has 3 aromatic heterocycles. The summed E-state index contributed by atoms with van der Waals surface area (Å²) in [6, 6.07) is 8.13. The Balaban J connectivity index is 1.66. The van der Waals surface area contributed by atoms with Crippen LogP contribution in [0, 0.1) is 17.2 Å². The highest BCUT2D eigenvalue weighted by Gasteiger charge is 2.30. The Morgan fingerprint density at radius 2 is 2.27 bits per heavy atom. The van der Waals surface area contributed by atoms with Gasteiger partial charge in [-0.25, -0.2) is 4.98 Å². The quantitative estimate of drug-likeness (QED) is 0.739. The summed E-state index contributed by atoms with van der Waals surface area (Å²) in [4.78, 5) is 16.5. The van der Waals surface area contributed by atoms with Crippen molar-refractivity contribution < 1.29 is 4.79 Å². The van der Waals surface area contributed by atoms with Crippen molar-refractivity contribution in [1.82, 2.24) is 19.2 Å². The number of hydrogen-bond acceptors (Lipinski definition) is 4. The summed E-state index contributed by atoms with van der Waals surface area (Å²) >= 11 is 0. The molecular formula is C19H20N6O. The maximum absolute atomic E-state index is 12.0. The first kappa shape index (κ1) is 16.3. The van der Waals surface area contributed by atoms with Gasteiger partial charge in [0.25, 0.3) is 0 Å². The fourth-order valence-corrected chi connectivity index (χ4v) is 3.08. The van der Waals surface area contributed by atoms with Gasteiger partial charge in [0.15, 0.2) is 5.82 Å². The van der Waals surface area contributed by atoms with E-state index in [0.717, 1.165) is 36.2 Å². The van der Waals surface area contributed by atoms with E-state index in [9.17, 15) is 4.79 Å². The van der Waals surface area contributed by atoms with Crippen molar-refractivity contribution in [2.45, 2.75) is 38.6 Å². The molecule has 0 bridgehead atoms. The van der Waals surface area contributed by atoms with Crippen LogP contribution < -0.4 is 5.32 Å². The van der Waals surface area contributed by atoms with Gasteiger partial charge in [-0.3, -0.25) is 13.9 Å². The van der Waals surface area contributed by atoms with Crippen molar-refractivity contribution in [3.8, 4) is 17.3 Å². The van der Waals surface area contributed by atoms with Crippen LogP contribution in [0.15, 0.2) is 36.8 Å². The van der Waals surface area contributed by atoms with Gasteiger partial charge >= 0.3 is 0 Å². The number of anilines is 1. The molecular weight excluding hydrogens is 328 g/mol. The standard InChI is InChI=1S/C19H20N6O/c1-2-15(8-9-20)25-11-14(10-21-25)16-4-3-5-18-22-17(12-24(16)18)23-19(26)13-6-7-13/h3-5,10-13,15H,2,6-8H2,1H3,(H,23,26). The van der Waals surface area contributed by atoms with Crippen molar-refractivity contribution in [2.24, 2.45) is 5.92 Å². The molecule has 7 nitrogen and oxygen atoms in total. The predicted molar refractivity (Wildman–Crippen MR) is 97.3 cm³/mol. The zero-order valence-electron chi connectivity index (χ0n) is 14.6. The highest BCUT2D eigenvalue weighted by Crippen LogP contribution is 2.30. The molecule has 3 heterocycles. The third kappa shape index (κ3) is 3.06. The van der Waals surface area contributed by atoms with Gasteiger partial charge < -0.3 is 5.32 Å². The van der Waals surface area contributed by atoms with Crippen LogP contribution in [-0.2, 0) is 4.79 Å². The van der Waals surface area contributed by atoms with Gasteiger partial charge in [0.1, 0.15) is 5.65 Å². The zero-order chi connectivity index (χ0) is 18.1. The molecule has 0 aromatic carbocycles. The molecule has 132 valence electrons. The number of fused-ring (bicyclic) bond motifs is 1. The molecule has 7 heteroatoms. The second-order valence-electron chi connectivity index (χ2n) is 6.66. The van der Waals surface area contributed by atoms with Crippen molar-refractivity contribution in [2.75, 3.05) is 5.32 Å². The SMILES string of the molecule is CCC(CC#N)n1cc(-c2cccc3nc(NC(=O)C4CC4)cn23)cn1. The number of amides is 1. The summed E-state index contributed by atoms with van der Waals surface area (Å²) in [5.41, 5.74) is 2.66. The molecule has 1 amide bonds. The fraction of sp³-hybridized carbons (Fsp3) is 0.368. The zero-order valence-corrected chi connectivity index (χ0v) is 14.6. The van der Waals surface area contributed by atoms with Gasteiger partial charge in [0.05, 0.1) is 36.6 Å². The maximum atomic E-state index is 12.0. The maximum Gasteiger partial charge on any atom is 0.228 e. The molecule has 0 radical (unpaired) electrons.